The molecule has 3 aliphatic rings. The van der Waals surface area contributed by atoms with E-state index in [0.29, 0.717) is 18.9 Å². The summed E-state index contributed by atoms with van der Waals surface area (Å²) in [7, 11) is 0. The largest absolute Gasteiger partial charge is 0.341 e. The second kappa shape index (κ2) is 8.32. The van der Waals surface area contributed by atoms with Gasteiger partial charge in [0.25, 0.3) is 5.89 Å². The Kier molecular flexibility index (Phi) is 5.40. The minimum Gasteiger partial charge on any atom is -0.341 e. The van der Waals surface area contributed by atoms with E-state index >= 15 is 0 Å². The maximum atomic E-state index is 13.1. The molecule has 6 heteroatoms. The molecule has 30 heavy (non-hydrogen) atoms. The maximum Gasteiger partial charge on any atom is 0.259 e. The highest BCUT2D eigenvalue weighted by molar-refractivity contribution is 5.79. The van der Waals surface area contributed by atoms with E-state index in [4.69, 9.17) is 9.51 Å². The molecule has 1 unspecified atom stereocenters. The number of rotatable bonds is 6. The van der Waals surface area contributed by atoms with Crippen LogP contribution >= 0.6 is 0 Å². The predicted octanol–water partition coefficient (Wildman–Crippen LogP) is 4.68. The molecule has 1 aliphatic heterocycles. The molecular formula is C24H30N4O2. The van der Waals surface area contributed by atoms with Crippen molar-refractivity contribution in [1.82, 2.24) is 20.0 Å². The van der Waals surface area contributed by atoms with Gasteiger partial charge in [-0.3, -0.25) is 9.78 Å². The third-order valence-corrected chi connectivity index (χ3v) is 6.88. The molecule has 0 spiro atoms. The van der Waals surface area contributed by atoms with Crippen molar-refractivity contribution >= 4 is 5.91 Å². The van der Waals surface area contributed by atoms with E-state index < -0.39 is 0 Å². The summed E-state index contributed by atoms with van der Waals surface area (Å²) in [4.78, 5) is 24.2. The molecule has 0 N–H and O–H groups in total. The van der Waals surface area contributed by atoms with Crippen molar-refractivity contribution in [3.8, 4) is 11.5 Å². The minimum atomic E-state index is -0.194. The summed E-state index contributed by atoms with van der Waals surface area (Å²) in [6.45, 7) is 1.55. The van der Waals surface area contributed by atoms with Gasteiger partial charge in [-0.1, -0.05) is 29.6 Å². The van der Waals surface area contributed by atoms with Crippen molar-refractivity contribution in [1.29, 1.82) is 0 Å². The zero-order valence-corrected chi connectivity index (χ0v) is 17.6. The number of pyridine rings is 1. The van der Waals surface area contributed by atoms with Gasteiger partial charge in [-0.15, -0.1) is 0 Å². The van der Waals surface area contributed by atoms with Gasteiger partial charge in [-0.2, -0.15) is 4.98 Å². The average Bonchev–Trinajstić information content (AvgIpc) is 3.45. The van der Waals surface area contributed by atoms with Crippen LogP contribution in [-0.2, 0) is 10.2 Å². The first kappa shape index (κ1) is 19.5. The fourth-order valence-corrected chi connectivity index (χ4v) is 5.08. The number of hydrogen-bond donors (Lipinski definition) is 0. The fraction of sp³-hybridized carbons (Fsp3) is 0.583. The summed E-state index contributed by atoms with van der Waals surface area (Å²) < 4.78 is 5.63. The van der Waals surface area contributed by atoms with Crippen LogP contribution in [0.3, 0.4) is 0 Å². The van der Waals surface area contributed by atoms with Crippen LogP contribution in [-0.4, -0.2) is 39.0 Å². The van der Waals surface area contributed by atoms with Crippen LogP contribution in [0.1, 0.15) is 70.0 Å². The Hall–Kier alpha value is -2.50. The second-order valence-corrected chi connectivity index (χ2v) is 9.30. The number of amides is 1. The smallest absolute Gasteiger partial charge is 0.259 e. The summed E-state index contributed by atoms with van der Waals surface area (Å²) in [5.41, 5.74) is 1.97. The van der Waals surface area contributed by atoms with Crippen LogP contribution in [0.15, 0.2) is 40.7 Å². The molecule has 1 saturated carbocycles. The zero-order chi connectivity index (χ0) is 20.4. The van der Waals surface area contributed by atoms with E-state index in [-0.39, 0.29) is 11.3 Å². The Morgan fingerprint density at radius 1 is 1.27 bits per heavy atom. The van der Waals surface area contributed by atoms with Crippen molar-refractivity contribution < 1.29 is 9.32 Å². The number of carbonyl (C=O) groups is 1. The highest BCUT2D eigenvalue weighted by atomic mass is 16.5. The van der Waals surface area contributed by atoms with E-state index in [1.807, 2.05) is 12.1 Å². The molecule has 2 aromatic heterocycles. The van der Waals surface area contributed by atoms with Gasteiger partial charge in [0, 0.05) is 31.9 Å². The quantitative estimate of drug-likeness (QED) is 0.651. The van der Waals surface area contributed by atoms with Crippen molar-refractivity contribution in [3.05, 3.63) is 42.0 Å². The van der Waals surface area contributed by atoms with Crippen LogP contribution in [0.4, 0.5) is 0 Å². The molecule has 0 radical (unpaired) electrons. The van der Waals surface area contributed by atoms with Crippen molar-refractivity contribution in [2.24, 2.45) is 5.92 Å². The summed E-state index contributed by atoms with van der Waals surface area (Å²) in [5, 5.41) is 4.42. The fourth-order valence-electron chi connectivity index (χ4n) is 5.08. The summed E-state index contributed by atoms with van der Waals surface area (Å²) in [6.07, 6.45) is 16.6. The molecule has 1 saturated heterocycles. The Balaban J connectivity index is 1.37. The third kappa shape index (κ3) is 4.18. The molecule has 0 bridgehead atoms. The van der Waals surface area contributed by atoms with Crippen molar-refractivity contribution in [2.45, 2.75) is 69.6 Å². The third-order valence-electron chi connectivity index (χ3n) is 6.88. The predicted molar refractivity (Wildman–Crippen MR) is 114 cm³/mol. The van der Waals surface area contributed by atoms with Gasteiger partial charge in [0.2, 0.25) is 5.91 Å². The lowest BCUT2D eigenvalue weighted by Gasteiger charge is -2.41. The van der Waals surface area contributed by atoms with Gasteiger partial charge in [0.15, 0.2) is 5.82 Å². The van der Waals surface area contributed by atoms with Crippen LogP contribution in [0, 0.1) is 5.92 Å². The SMILES string of the molecule is O=C(CC1=CCCCC1)N1CCCC(CC2CC2)(c2noc(-c3cccnc3)n2)C1. The number of carbonyl (C=O) groups excluding carboxylic acids is 1. The number of aromatic nitrogens is 3. The van der Waals surface area contributed by atoms with E-state index in [1.54, 1.807) is 12.4 Å². The first-order chi connectivity index (χ1) is 14.7. The zero-order valence-electron chi connectivity index (χ0n) is 17.6. The van der Waals surface area contributed by atoms with E-state index in [9.17, 15) is 4.79 Å². The standard InChI is InChI=1S/C24H30N4O2/c29-21(14-18-6-2-1-3-7-18)28-13-5-11-24(17-28,15-19-9-10-19)23-26-22(30-27-23)20-8-4-12-25-16-20/h4,6,8,12,16,19H,1-3,5,7,9-11,13-15,17H2. The molecule has 158 valence electrons. The lowest BCUT2D eigenvalue weighted by Crippen LogP contribution is -2.49. The molecule has 2 aliphatic carbocycles. The lowest BCUT2D eigenvalue weighted by molar-refractivity contribution is -0.133. The molecular weight excluding hydrogens is 376 g/mol. The second-order valence-electron chi connectivity index (χ2n) is 9.30. The van der Waals surface area contributed by atoms with Gasteiger partial charge >= 0.3 is 0 Å². The highest BCUT2D eigenvalue weighted by Gasteiger charge is 2.45. The van der Waals surface area contributed by atoms with Crippen molar-refractivity contribution in [2.75, 3.05) is 13.1 Å². The normalized spacial score (nSPS) is 24.5. The molecule has 6 nitrogen and oxygen atoms in total. The van der Waals surface area contributed by atoms with Gasteiger partial charge in [0.1, 0.15) is 0 Å². The summed E-state index contributed by atoms with van der Waals surface area (Å²) in [5.74, 6) is 2.27. The Morgan fingerprint density at radius 3 is 2.97 bits per heavy atom. The Labute approximate surface area is 177 Å². The number of piperidine rings is 1. The summed E-state index contributed by atoms with van der Waals surface area (Å²) >= 11 is 0. The molecule has 1 atom stereocenters. The Morgan fingerprint density at radius 2 is 2.20 bits per heavy atom. The molecule has 2 fully saturated rings. The average molecular weight is 407 g/mol. The van der Waals surface area contributed by atoms with Crippen LogP contribution < -0.4 is 0 Å². The molecule has 1 amide bonds. The number of likely N-dealkylation sites (tertiary alicyclic amines) is 1. The van der Waals surface area contributed by atoms with Gasteiger partial charge < -0.3 is 9.42 Å². The Bertz CT molecular complexity index is 918. The van der Waals surface area contributed by atoms with Gasteiger partial charge in [-0.25, -0.2) is 0 Å². The van der Waals surface area contributed by atoms with Crippen LogP contribution in [0.2, 0.25) is 0 Å². The monoisotopic (exact) mass is 406 g/mol. The molecule has 3 heterocycles. The van der Waals surface area contributed by atoms with Gasteiger partial charge in [-0.05, 0) is 63.0 Å². The first-order valence-corrected chi connectivity index (χ1v) is 11.4. The van der Waals surface area contributed by atoms with E-state index in [0.717, 1.165) is 56.0 Å². The maximum absolute atomic E-state index is 13.1. The summed E-state index contributed by atoms with van der Waals surface area (Å²) in [6, 6.07) is 3.81. The first-order valence-electron chi connectivity index (χ1n) is 11.4. The van der Waals surface area contributed by atoms with E-state index in [1.165, 1.54) is 31.3 Å². The number of nitrogens with zero attached hydrogens (tertiary/aromatic N) is 4. The molecule has 2 aromatic rings. The topological polar surface area (TPSA) is 72.1 Å². The number of hydrogen-bond acceptors (Lipinski definition) is 5. The van der Waals surface area contributed by atoms with E-state index in [2.05, 4.69) is 21.1 Å². The lowest BCUT2D eigenvalue weighted by atomic mass is 9.74. The molecule has 0 aromatic carbocycles. The highest BCUT2D eigenvalue weighted by Crippen LogP contribution is 2.46. The minimum absolute atomic E-state index is 0.194. The number of allylic oxidation sites excluding steroid dienone is 1. The van der Waals surface area contributed by atoms with Gasteiger partial charge in [0.05, 0.1) is 11.0 Å². The van der Waals surface area contributed by atoms with Crippen molar-refractivity contribution in [3.63, 3.8) is 0 Å². The van der Waals surface area contributed by atoms with Crippen LogP contribution in [0.25, 0.3) is 11.5 Å². The molecule has 5 rings (SSSR count). The van der Waals surface area contributed by atoms with Crippen LogP contribution in [0.5, 0.6) is 0 Å².